The topological polar surface area (TPSA) is 66.5 Å². The van der Waals surface area contributed by atoms with Crippen LogP contribution in [0.25, 0.3) is 0 Å². The summed E-state index contributed by atoms with van der Waals surface area (Å²) in [7, 11) is -3.89. The molecule has 3 aromatic carbocycles. The van der Waals surface area contributed by atoms with Gasteiger partial charge < -0.3 is 5.32 Å². The van der Waals surface area contributed by atoms with Gasteiger partial charge in [-0.25, -0.2) is 8.42 Å². The second-order valence-corrected chi connectivity index (χ2v) is 9.20. The Labute approximate surface area is 178 Å². The zero-order valence-electron chi connectivity index (χ0n) is 17.2. The van der Waals surface area contributed by atoms with Gasteiger partial charge in [0.05, 0.1) is 10.6 Å². The molecule has 0 unspecified atom stereocenters. The number of hydrogen-bond donors (Lipinski definition) is 1. The van der Waals surface area contributed by atoms with Gasteiger partial charge in [0.25, 0.3) is 10.0 Å². The highest BCUT2D eigenvalue weighted by molar-refractivity contribution is 7.92. The van der Waals surface area contributed by atoms with Gasteiger partial charge in [-0.3, -0.25) is 9.10 Å². The number of sulfonamides is 1. The molecule has 0 saturated carbocycles. The Morgan fingerprint density at radius 1 is 0.867 bits per heavy atom. The molecule has 0 radical (unpaired) electrons. The summed E-state index contributed by atoms with van der Waals surface area (Å²) < 4.78 is 27.8. The number of amides is 1. The Morgan fingerprint density at radius 3 is 2.00 bits per heavy atom. The second kappa shape index (κ2) is 9.59. The van der Waals surface area contributed by atoms with Crippen LogP contribution in [0.3, 0.4) is 0 Å². The zero-order valence-corrected chi connectivity index (χ0v) is 18.0. The van der Waals surface area contributed by atoms with Crippen molar-refractivity contribution in [3.63, 3.8) is 0 Å². The van der Waals surface area contributed by atoms with Crippen molar-refractivity contribution in [1.82, 2.24) is 5.32 Å². The zero-order chi connectivity index (χ0) is 21.6. The van der Waals surface area contributed by atoms with Crippen LogP contribution in [0, 0.1) is 0 Å². The molecule has 0 atom stereocenters. The van der Waals surface area contributed by atoms with E-state index >= 15 is 0 Å². The summed E-state index contributed by atoms with van der Waals surface area (Å²) in [6, 6.07) is 25.0. The number of rotatable bonds is 8. The molecule has 3 aromatic rings. The van der Waals surface area contributed by atoms with Crippen molar-refractivity contribution >= 4 is 21.6 Å². The van der Waals surface area contributed by atoms with Gasteiger partial charge in [-0.15, -0.1) is 0 Å². The first-order valence-electron chi connectivity index (χ1n) is 9.86. The molecule has 1 amide bonds. The Balaban J connectivity index is 1.86. The smallest absolute Gasteiger partial charge is 0.264 e. The second-order valence-electron chi connectivity index (χ2n) is 7.33. The number of carbonyl (C=O) groups excluding carboxylic acids is 1. The lowest BCUT2D eigenvalue weighted by Crippen LogP contribution is -2.40. The number of nitrogens with one attached hydrogen (secondary N) is 1. The molecule has 0 spiro atoms. The quantitative estimate of drug-likeness (QED) is 0.588. The lowest BCUT2D eigenvalue weighted by Gasteiger charge is -2.24. The summed E-state index contributed by atoms with van der Waals surface area (Å²) in [6.45, 7) is 4.19. The number of carbonyl (C=O) groups is 1. The standard InChI is InChI=1S/C24H26N2O3S/c1-19(2)21-13-15-22(16-14-21)26(30(28,29)23-11-7-4-8-12-23)18-24(27)25-17-20-9-5-3-6-10-20/h3-16,19H,17-18H2,1-2H3,(H,25,27). The van der Waals surface area contributed by atoms with Crippen LogP contribution in [0.4, 0.5) is 5.69 Å². The summed E-state index contributed by atoms with van der Waals surface area (Å²) >= 11 is 0. The molecule has 0 bridgehead atoms. The fraction of sp³-hybridized carbons (Fsp3) is 0.208. The Hall–Kier alpha value is -3.12. The van der Waals surface area contributed by atoms with E-state index in [-0.39, 0.29) is 17.3 Å². The SMILES string of the molecule is CC(C)c1ccc(N(CC(=O)NCc2ccccc2)S(=O)(=O)c2ccccc2)cc1. The molecule has 0 fully saturated rings. The van der Waals surface area contributed by atoms with Crippen molar-refractivity contribution in [2.75, 3.05) is 10.8 Å². The summed E-state index contributed by atoms with van der Waals surface area (Å²) in [5.41, 5.74) is 2.51. The van der Waals surface area contributed by atoms with Gasteiger partial charge in [-0.2, -0.15) is 0 Å². The Bertz CT molecular complexity index is 1060. The highest BCUT2D eigenvalue weighted by atomic mass is 32.2. The highest BCUT2D eigenvalue weighted by Crippen LogP contribution is 2.25. The van der Waals surface area contributed by atoms with Crippen molar-refractivity contribution in [3.8, 4) is 0 Å². The van der Waals surface area contributed by atoms with Gasteiger partial charge in [0.15, 0.2) is 0 Å². The van der Waals surface area contributed by atoms with Crippen LogP contribution in [0.5, 0.6) is 0 Å². The van der Waals surface area contributed by atoms with E-state index in [2.05, 4.69) is 19.2 Å². The fourth-order valence-electron chi connectivity index (χ4n) is 3.04. The van der Waals surface area contributed by atoms with E-state index in [1.54, 1.807) is 30.3 Å². The van der Waals surface area contributed by atoms with Crippen LogP contribution < -0.4 is 9.62 Å². The Kier molecular flexibility index (Phi) is 6.90. The van der Waals surface area contributed by atoms with E-state index in [1.165, 1.54) is 12.1 Å². The fourth-order valence-corrected chi connectivity index (χ4v) is 4.49. The average Bonchev–Trinajstić information content (AvgIpc) is 2.77. The normalized spacial score (nSPS) is 11.3. The van der Waals surface area contributed by atoms with Gasteiger partial charge in [-0.1, -0.05) is 74.5 Å². The van der Waals surface area contributed by atoms with Gasteiger partial charge in [0.1, 0.15) is 6.54 Å². The molecule has 0 aromatic heterocycles. The van der Waals surface area contributed by atoms with Crippen molar-refractivity contribution in [1.29, 1.82) is 0 Å². The molecule has 6 heteroatoms. The molecule has 30 heavy (non-hydrogen) atoms. The summed E-state index contributed by atoms with van der Waals surface area (Å²) in [5, 5.41) is 2.81. The molecule has 3 rings (SSSR count). The molecule has 0 saturated heterocycles. The molecule has 0 aliphatic heterocycles. The van der Waals surface area contributed by atoms with Crippen LogP contribution in [0.15, 0.2) is 89.8 Å². The maximum atomic E-state index is 13.3. The molecule has 0 heterocycles. The van der Waals surface area contributed by atoms with E-state index in [0.29, 0.717) is 18.2 Å². The minimum absolute atomic E-state index is 0.147. The predicted molar refractivity (Wildman–Crippen MR) is 120 cm³/mol. The van der Waals surface area contributed by atoms with Gasteiger partial charge in [0.2, 0.25) is 5.91 Å². The maximum absolute atomic E-state index is 13.3. The summed E-state index contributed by atoms with van der Waals surface area (Å²) in [5.74, 6) is -0.0429. The third kappa shape index (κ3) is 5.27. The molecule has 5 nitrogen and oxygen atoms in total. The third-order valence-corrected chi connectivity index (χ3v) is 6.59. The van der Waals surface area contributed by atoms with E-state index < -0.39 is 10.0 Å². The molecule has 0 aliphatic carbocycles. The number of nitrogens with zero attached hydrogens (tertiary/aromatic N) is 1. The largest absolute Gasteiger partial charge is 0.350 e. The van der Waals surface area contributed by atoms with Crippen molar-refractivity contribution in [3.05, 3.63) is 96.1 Å². The average molecular weight is 423 g/mol. The minimum atomic E-state index is -3.89. The van der Waals surface area contributed by atoms with Crippen LogP contribution in [0.1, 0.15) is 30.9 Å². The van der Waals surface area contributed by atoms with Gasteiger partial charge in [0, 0.05) is 6.54 Å². The molecule has 156 valence electrons. The lowest BCUT2D eigenvalue weighted by molar-refractivity contribution is -0.119. The van der Waals surface area contributed by atoms with E-state index in [1.807, 2.05) is 42.5 Å². The van der Waals surface area contributed by atoms with E-state index in [9.17, 15) is 13.2 Å². The number of hydrogen-bond acceptors (Lipinski definition) is 3. The first-order valence-corrected chi connectivity index (χ1v) is 11.3. The van der Waals surface area contributed by atoms with Crippen molar-refractivity contribution < 1.29 is 13.2 Å². The van der Waals surface area contributed by atoms with Gasteiger partial charge in [-0.05, 0) is 41.3 Å². The summed E-state index contributed by atoms with van der Waals surface area (Å²) in [4.78, 5) is 12.8. The highest BCUT2D eigenvalue weighted by Gasteiger charge is 2.27. The third-order valence-electron chi connectivity index (χ3n) is 4.80. The summed E-state index contributed by atoms with van der Waals surface area (Å²) in [6.07, 6.45) is 0. The molecule has 0 aliphatic rings. The van der Waals surface area contributed by atoms with Crippen molar-refractivity contribution in [2.24, 2.45) is 0 Å². The maximum Gasteiger partial charge on any atom is 0.264 e. The van der Waals surface area contributed by atoms with Crippen LogP contribution in [-0.4, -0.2) is 20.9 Å². The minimum Gasteiger partial charge on any atom is -0.350 e. The van der Waals surface area contributed by atoms with E-state index in [4.69, 9.17) is 0 Å². The lowest BCUT2D eigenvalue weighted by atomic mass is 10.0. The first-order chi connectivity index (χ1) is 14.4. The van der Waals surface area contributed by atoms with Gasteiger partial charge >= 0.3 is 0 Å². The molecular formula is C24H26N2O3S. The first kappa shape index (κ1) is 21.6. The van der Waals surface area contributed by atoms with Crippen LogP contribution in [-0.2, 0) is 21.4 Å². The predicted octanol–water partition coefficient (Wildman–Crippen LogP) is 4.32. The monoisotopic (exact) mass is 422 g/mol. The molecular weight excluding hydrogens is 396 g/mol. The van der Waals surface area contributed by atoms with Crippen LogP contribution in [0.2, 0.25) is 0 Å². The van der Waals surface area contributed by atoms with Crippen LogP contribution >= 0.6 is 0 Å². The molecule has 1 N–H and O–H groups in total. The number of anilines is 1. The number of benzene rings is 3. The Morgan fingerprint density at radius 2 is 1.43 bits per heavy atom. The van der Waals surface area contributed by atoms with E-state index in [0.717, 1.165) is 15.4 Å². The van der Waals surface area contributed by atoms with Crippen molar-refractivity contribution in [2.45, 2.75) is 31.2 Å².